The number of hydrogen-bond donors (Lipinski definition) is 1. The molecular formula is C12H16N4O. The summed E-state index contributed by atoms with van der Waals surface area (Å²) in [4.78, 5) is 17.3. The van der Waals surface area contributed by atoms with Crippen LogP contribution in [0.4, 0.5) is 5.69 Å². The van der Waals surface area contributed by atoms with E-state index in [1.807, 2.05) is 13.8 Å². The normalized spacial score (nSPS) is 9.82. The third-order valence-electron chi connectivity index (χ3n) is 2.16. The van der Waals surface area contributed by atoms with Gasteiger partial charge in [0.1, 0.15) is 6.07 Å². The highest BCUT2D eigenvalue weighted by Crippen LogP contribution is 2.15. The number of aromatic nitrogens is 1. The molecule has 1 aromatic rings. The smallest absolute Gasteiger partial charge is 0.239 e. The minimum absolute atomic E-state index is 0.0738. The highest BCUT2D eigenvalue weighted by atomic mass is 16.2. The lowest BCUT2D eigenvalue weighted by molar-refractivity contribution is -0.120. The van der Waals surface area contributed by atoms with E-state index in [9.17, 15) is 4.79 Å². The molecule has 1 aromatic heterocycles. The Morgan fingerprint density at radius 2 is 2.35 bits per heavy atom. The molecule has 17 heavy (non-hydrogen) atoms. The van der Waals surface area contributed by atoms with E-state index >= 15 is 0 Å². The Morgan fingerprint density at radius 3 is 2.94 bits per heavy atom. The van der Waals surface area contributed by atoms with E-state index in [1.54, 1.807) is 30.4 Å². The summed E-state index contributed by atoms with van der Waals surface area (Å²) in [5, 5.41) is 11.7. The average molecular weight is 232 g/mol. The van der Waals surface area contributed by atoms with Crippen LogP contribution >= 0.6 is 0 Å². The zero-order valence-electron chi connectivity index (χ0n) is 10.3. The maximum atomic E-state index is 11.6. The number of anilines is 1. The molecule has 0 aromatic carbocycles. The maximum absolute atomic E-state index is 11.6. The Labute approximate surface area is 101 Å². The van der Waals surface area contributed by atoms with Crippen LogP contribution in [-0.4, -0.2) is 30.5 Å². The van der Waals surface area contributed by atoms with Crippen LogP contribution in [0.15, 0.2) is 18.5 Å². The summed E-state index contributed by atoms with van der Waals surface area (Å²) < 4.78 is 0. The van der Waals surface area contributed by atoms with E-state index in [0.717, 1.165) is 0 Å². The van der Waals surface area contributed by atoms with Crippen LogP contribution in [-0.2, 0) is 4.79 Å². The van der Waals surface area contributed by atoms with Gasteiger partial charge >= 0.3 is 0 Å². The molecule has 0 spiro atoms. The van der Waals surface area contributed by atoms with Gasteiger partial charge in [-0.25, -0.2) is 0 Å². The number of nitriles is 1. The lowest BCUT2D eigenvalue weighted by Gasteiger charge is -2.20. The van der Waals surface area contributed by atoms with Crippen molar-refractivity contribution < 1.29 is 4.79 Å². The lowest BCUT2D eigenvalue weighted by atomic mass is 10.2. The first-order valence-electron chi connectivity index (χ1n) is 5.39. The molecule has 0 aliphatic carbocycles. The molecule has 0 saturated carbocycles. The third-order valence-corrected chi connectivity index (χ3v) is 2.16. The van der Waals surface area contributed by atoms with Gasteiger partial charge in [-0.2, -0.15) is 5.26 Å². The van der Waals surface area contributed by atoms with Crippen LogP contribution in [0.5, 0.6) is 0 Å². The number of hydrogen-bond acceptors (Lipinski definition) is 4. The quantitative estimate of drug-likeness (QED) is 0.838. The summed E-state index contributed by atoms with van der Waals surface area (Å²) in [6.45, 7) is 4.02. The first-order valence-corrected chi connectivity index (χ1v) is 5.39. The van der Waals surface area contributed by atoms with Gasteiger partial charge in [0, 0.05) is 19.3 Å². The van der Waals surface area contributed by atoms with Crippen molar-refractivity contribution in [2.75, 3.05) is 18.5 Å². The Kier molecular flexibility index (Phi) is 4.46. The number of rotatable bonds is 4. The number of amides is 1. The highest BCUT2D eigenvalue weighted by Gasteiger charge is 2.11. The van der Waals surface area contributed by atoms with Gasteiger partial charge in [0.15, 0.2) is 0 Å². The minimum Gasteiger partial charge on any atom is -0.363 e. The van der Waals surface area contributed by atoms with E-state index in [-0.39, 0.29) is 18.5 Å². The van der Waals surface area contributed by atoms with Crippen molar-refractivity contribution in [1.82, 2.24) is 10.3 Å². The number of pyridine rings is 1. The second kappa shape index (κ2) is 5.85. The van der Waals surface area contributed by atoms with Crippen molar-refractivity contribution >= 4 is 11.6 Å². The molecule has 0 aliphatic rings. The summed E-state index contributed by atoms with van der Waals surface area (Å²) >= 11 is 0. The molecule has 0 fully saturated rings. The third kappa shape index (κ3) is 3.76. The first kappa shape index (κ1) is 13.0. The summed E-state index contributed by atoms with van der Waals surface area (Å²) in [6, 6.07) is 3.82. The second-order valence-corrected chi connectivity index (χ2v) is 4.08. The Bertz CT molecular complexity index is 436. The van der Waals surface area contributed by atoms with Crippen LogP contribution in [0.1, 0.15) is 19.4 Å². The molecule has 5 nitrogen and oxygen atoms in total. The molecule has 0 radical (unpaired) electrons. The van der Waals surface area contributed by atoms with Crippen molar-refractivity contribution in [3.8, 4) is 6.07 Å². The van der Waals surface area contributed by atoms with Gasteiger partial charge in [0.2, 0.25) is 5.91 Å². The van der Waals surface area contributed by atoms with Crippen molar-refractivity contribution in [2.45, 2.75) is 19.9 Å². The molecule has 5 heteroatoms. The van der Waals surface area contributed by atoms with Gasteiger partial charge in [0.25, 0.3) is 0 Å². The Morgan fingerprint density at radius 1 is 1.65 bits per heavy atom. The van der Waals surface area contributed by atoms with Crippen LogP contribution < -0.4 is 10.2 Å². The predicted molar refractivity (Wildman–Crippen MR) is 65.5 cm³/mol. The predicted octanol–water partition coefficient (Wildman–Crippen LogP) is 0.914. The van der Waals surface area contributed by atoms with Gasteiger partial charge in [-0.05, 0) is 19.9 Å². The molecule has 1 heterocycles. The van der Waals surface area contributed by atoms with Gasteiger partial charge in [-0.3, -0.25) is 9.78 Å². The summed E-state index contributed by atoms with van der Waals surface area (Å²) in [5.41, 5.74) is 1.17. The highest BCUT2D eigenvalue weighted by molar-refractivity contribution is 5.81. The van der Waals surface area contributed by atoms with Crippen LogP contribution in [0.3, 0.4) is 0 Å². The molecule has 0 saturated heterocycles. The van der Waals surface area contributed by atoms with Gasteiger partial charge in [-0.1, -0.05) is 0 Å². The molecule has 0 aliphatic heterocycles. The largest absolute Gasteiger partial charge is 0.363 e. The van der Waals surface area contributed by atoms with Gasteiger partial charge in [-0.15, -0.1) is 0 Å². The van der Waals surface area contributed by atoms with E-state index in [4.69, 9.17) is 5.26 Å². The Hall–Kier alpha value is -2.09. The van der Waals surface area contributed by atoms with Crippen molar-refractivity contribution in [1.29, 1.82) is 5.26 Å². The van der Waals surface area contributed by atoms with Gasteiger partial charge in [0.05, 0.1) is 24.0 Å². The summed E-state index contributed by atoms with van der Waals surface area (Å²) in [7, 11) is 1.76. The standard InChI is InChI=1S/C12H16N4O/c1-9(2)15-12(17)8-16(3)11-7-14-5-4-10(11)6-13/h4-5,7,9H,8H2,1-3H3,(H,15,17). The van der Waals surface area contributed by atoms with E-state index < -0.39 is 0 Å². The fourth-order valence-electron chi connectivity index (χ4n) is 1.45. The van der Waals surface area contributed by atoms with Gasteiger partial charge < -0.3 is 10.2 Å². The van der Waals surface area contributed by atoms with E-state index in [2.05, 4.69) is 16.4 Å². The van der Waals surface area contributed by atoms with Crippen molar-refractivity contribution in [2.24, 2.45) is 0 Å². The molecule has 0 unspecified atom stereocenters. The summed E-state index contributed by atoms with van der Waals surface area (Å²) in [6.07, 6.45) is 3.14. The molecule has 1 rings (SSSR count). The minimum atomic E-state index is -0.0738. The first-order chi connectivity index (χ1) is 8.04. The SMILES string of the molecule is CC(C)NC(=O)CN(C)c1cnccc1C#N. The van der Waals surface area contributed by atoms with Crippen LogP contribution in [0.25, 0.3) is 0 Å². The van der Waals surface area contributed by atoms with E-state index in [1.165, 1.54) is 0 Å². The summed E-state index contributed by atoms with van der Waals surface area (Å²) in [5.74, 6) is -0.0738. The zero-order chi connectivity index (χ0) is 12.8. The molecule has 90 valence electrons. The Balaban J connectivity index is 2.73. The maximum Gasteiger partial charge on any atom is 0.239 e. The molecule has 0 bridgehead atoms. The molecular weight excluding hydrogens is 216 g/mol. The average Bonchev–Trinajstić information content (AvgIpc) is 2.27. The molecule has 1 N–H and O–H groups in total. The van der Waals surface area contributed by atoms with Crippen LogP contribution in [0.2, 0.25) is 0 Å². The monoisotopic (exact) mass is 232 g/mol. The fourth-order valence-corrected chi connectivity index (χ4v) is 1.45. The molecule has 0 atom stereocenters. The number of carbonyl (C=O) groups excluding carboxylic acids is 1. The number of carbonyl (C=O) groups is 1. The van der Waals surface area contributed by atoms with Crippen molar-refractivity contribution in [3.05, 3.63) is 24.0 Å². The number of likely N-dealkylation sites (N-methyl/N-ethyl adjacent to an activating group) is 1. The second-order valence-electron chi connectivity index (χ2n) is 4.08. The topological polar surface area (TPSA) is 69.0 Å². The number of nitrogens with zero attached hydrogens (tertiary/aromatic N) is 3. The zero-order valence-corrected chi connectivity index (χ0v) is 10.3. The molecule has 1 amide bonds. The fraction of sp³-hybridized carbons (Fsp3) is 0.417. The lowest BCUT2D eigenvalue weighted by Crippen LogP contribution is -2.38. The van der Waals surface area contributed by atoms with Crippen LogP contribution in [0, 0.1) is 11.3 Å². The van der Waals surface area contributed by atoms with E-state index in [0.29, 0.717) is 11.3 Å². The van der Waals surface area contributed by atoms with Crippen molar-refractivity contribution in [3.63, 3.8) is 0 Å². The number of nitrogens with one attached hydrogen (secondary N) is 1.